The van der Waals surface area contributed by atoms with Gasteiger partial charge < -0.3 is 4.74 Å². The fourth-order valence-corrected chi connectivity index (χ4v) is 2.03. The molecule has 0 aliphatic heterocycles. The number of carbonyl (C=O) groups is 1. The summed E-state index contributed by atoms with van der Waals surface area (Å²) in [4.78, 5) is 11.1. The molecule has 0 saturated carbocycles. The Balaban J connectivity index is 2.60. The molecule has 2 aromatic carbocycles. The second-order valence-electron chi connectivity index (χ2n) is 4.48. The lowest BCUT2D eigenvalue weighted by molar-refractivity contribution is -0.112. The first-order valence-corrected chi connectivity index (χ1v) is 5.98. The summed E-state index contributed by atoms with van der Waals surface area (Å²) < 4.78 is 19.2. The van der Waals surface area contributed by atoms with Crippen LogP contribution in [0.2, 0.25) is 0 Å². The minimum atomic E-state index is -0.317. The Morgan fingerprint density at radius 3 is 2.58 bits per heavy atom. The SMILES string of the molecule is COc1ccc2cc(C(C)=CC(C)=O)cc(F)c2c1. The number of ether oxygens (including phenoxy) is 1. The van der Waals surface area contributed by atoms with Gasteiger partial charge in [0.2, 0.25) is 0 Å². The summed E-state index contributed by atoms with van der Waals surface area (Å²) in [6.07, 6.45) is 1.50. The van der Waals surface area contributed by atoms with Crippen molar-refractivity contribution in [2.45, 2.75) is 13.8 Å². The van der Waals surface area contributed by atoms with Gasteiger partial charge in [-0.05, 0) is 60.7 Å². The topological polar surface area (TPSA) is 26.3 Å². The van der Waals surface area contributed by atoms with E-state index in [1.807, 2.05) is 12.1 Å². The van der Waals surface area contributed by atoms with Crippen LogP contribution in [-0.4, -0.2) is 12.9 Å². The lowest BCUT2D eigenvalue weighted by atomic mass is 10.0. The van der Waals surface area contributed by atoms with Gasteiger partial charge in [-0.3, -0.25) is 4.79 Å². The lowest BCUT2D eigenvalue weighted by Gasteiger charge is -2.07. The molecule has 0 amide bonds. The number of benzene rings is 2. The first-order chi connectivity index (χ1) is 9.01. The van der Waals surface area contributed by atoms with Crippen molar-refractivity contribution < 1.29 is 13.9 Å². The average Bonchev–Trinajstić information content (AvgIpc) is 2.37. The van der Waals surface area contributed by atoms with Crippen LogP contribution in [0.3, 0.4) is 0 Å². The third-order valence-electron chi connectivity index (χ3n) is 2.99. The number of hydrogen-bond donors (Lipinski definition) is 0. The number of ketones is 1. The number of hydrogen-bond acceptors (Lipinski definition) is 2. The molecule has 0 bridgehead atoms. The molecule has 0 radical (unpaired) electrons. The minimum Gasteiger partial charge on any atom is -0.497 e. The van der Waals surface area contributed by atoms with E-state index in [-0.39, 0.29) is 11.6 Å². The highest BCUT2D eigenvalue weighted by atomic mass is 19.1. The Kier molecular flexibility index (Phi) is 3.65. The van der Waals surface area contributed by atoms with Crippen molar-refractivity contribution in [1.29, 1.82) is 0 Å². The molecule has 2 aromatic rings. The highest BCUT2D eigenvalue weighted by Crippen LogP contribution is 2.27. The molecule has 0 N–H and O–H groups in total. The van der Waals surface area contributed by atoms with Crippen molar-refractivity contribution in [3.05, 3.63) is 47.8 Å². The molecule has 0 unspecified atom stereocenters. The van der Waals surface area contributed by atoms with Gasteiger partial charge in [-0.1, -0.05) is 6.07 Å². The van der Waals surface area contributed by atoms with Crippen LogP contribution in [0.1, 0.15) is 19.4 Å². The Morgan fingerprint density at radius 2 is 1.95 bits per heavy atom. The van der Waals surface area contributed by atoms with Crippen LogP contribution in [-0.2, 0) is 4.79 Å². The number of methoxy groups -OCH3 is 1. The van der Waals surface area contributed by atoms with Crippen LogP contribution < -0.4 is 4.74 Å². The fraction of sp³-hybridized carbons (Fsp3) is 0.188. The summed E-state index contributed by atoms with van der Waals surface area (Å²) in [6, 6.07) is 8.57. The summed E-state index contributed by atoms with van der Waals surface area (Å²) in [6.45, 7) is 3.28. The minimum absolute atomic E-state index is 0.0484. The highest BCUT2D eigenvalue weighted by molar-refractivity contribution is 5.96. The zero-order valence-corrected chi connectivity index (χ0v) is 11.2. The monoisotopic (exact) mass is 258 g/mol. The van der Waals surface area contributed by atoms with E-state index >= 15 is 0 Å². The van der Waals surface area contributed by atoms with E-state index in [4.69, 9.17) is 4.74 Å². The Bertz CT molecular complexity index is 672. The lowest BCUT2D eigenvalue weighted by Crippen LogP contribution is -1.90. The van der Waals surface area contributed by atoms with Crippen molar-refractivity contribution in [3.63, 3.8) is 0 Å². The number of allylic oxidation sites excluding steroid dienone is 2. The van der Waals surface area contributed by atoms with E-state index in [0.717, 1.165) is 11.0 Å². The first-order valence-electron chi connectivity index (χ1n) is 5.98. The molecular weight excluding hydrogens is 243 g/mol. The molecule has 0 atom stereocenters. The number of rotatable bonds is 3. The molecule has 0 saturated heterocycles. The van der Waals surface area contributed by atoms with Gasteiger partial charge in [-0.25, -0.2) is 4.39 Å². The van der Waals surface area contributed by atoms with Crippen molar-refractivity contribution >= 4 is 22.1 Å². The van der Waals surface area contributed by atoms with Gasteiger partial charge in [0.25, 0.3) is 0 Å². The van der Waals surface area contributed by atoms with E-state index in [2.05, 4.69) is 0 Å². The van der Waals surface area contributed by atoms with Crippen molar-refractivity contribution in [3.8, 4) is 5.75 Å². The molecule has 0 heterocycles. The van der Waals surface area contributed by atoms with Crippen LogP contribution in [0.25, 0.3) is 16.3 Å². The van der Waals surface area contributed by atoms with Gasteiger partial charge >= 0.3 is 0 Å². The molecule has 0 aliphatic carbocycles. The first kappa shape index (κ1) is 13.3. The number of carbonyl (C=O) groups excluding carboxylic acids is 1. The van der Waals surface area contributed by atoms with Crippen LogP contribution in [0.5, 0.6) is 5.75 Å². The predicted molar refractivity (Wildman–Crippen MR) is 74.8 cm³/mol. The maximum Gasteiger partial charge on any atom is 0.152 e. The fourth-order valence-electron chi connectivity index (χ4n) is 2.03. The van der Waals surface area contributed by atoms with Gasteiger partial charge in [0.05, 0.1) is 7.11 Å². The summed E-state index contributed by atoms with van der Waals surface area (Å²) in [5, 5.41) is 1.30. The van der Waals surface area contributed by atoms with Crippen molar-refractivity contribution in [2.75, 3.05) is 7.11 Å². The van der Waals surface area contributed by atoms with Crippen molar-refractivity contribution in [2.24, 2.45) is 0 Å². The predicted octanol–water partition coefficient (Wildman–Crippen LogP) is 3.98. The normalized spacial score (nSPS) is 11.7. The largest absolute Gasteiger partial charge is 0.497 e. The van der Waals surface area contributed by atoms with Crippen LogP contribution in [0.15, 0.2) is 36.4 Å². The zero-order chi connectivity index (χ0) is 14.0. The van der Waals surface area contributed by atoms with Gasteiger partial charge in [-0.2, -0.15) is 0 Å². The van der Waals surface area contributed by atoms with E-state index in [1.54, 1.807) is 26.2 Å². The molecule has 3 heteroatoms. The molecular formula is C16H15FO2. The van der Waals surface area contributed by atoms with Gasteiger partial charge in [0.1, 0.15) is 11.6 Å². The molecule has 0 fully saturated rings. The standard InChI is InChI=1S/C16H15FO2/c1-10(6-11(2)18)13-7-12-4-5-14(19-3)9-15(12)16(17)8-13/h4-9H,1-3H3. The highest BCUT2D eigenvalue weighted by Gasteiger charge is 2.07. The Morgan fingerprint density at radius 1 is 1.21 bits per heavy atom. The smallest absolute Gasteiger partial charge is 0.152 e. The summed E-state index contributed by atoms with van der Waals surface area (Å²) in [5.41, 5.74) is 1.47. The quantitative estimate of drug-likeness (QED) is 0.778. The molecule has 19 heavy (non-hydrogen) atoms. The Labute approximate surface area is 111 Å². The van der Waals surface area contributed by atoms with Gasteiger partial charge in [0.15, 0.2) is 5.78 Å². The molecule has 2 nitrogen and oxygen atoms in total. The number of halogens is 1. The van der Waals surface area contributed by atoms with E-state index in [1.165, 1.54) is 19.1 Å². The van der Waals surface area contributed by atoms with Gasteiger partial charge in [-0.15, -0.1) is 0 Å². The van der Waals surface area contributed by atoms with E-state index in [0.29, 0.717) is 16.7 Å². The summed E-state index contributed by atoms with van der Waals surface area (Å²) >= 11 is 0. The second-order valence-corrected chi connectivity index (χ2v) is 4.48. The second kappa shape index (κ2) is 5.22. The van der Waals surface area contributed by atoms with Gasteiger partial charge in [0, 0.05) is 5.39 Å². The third-order valence-corrected chi connectivity index (χ3v) is 2.99. The zero-order valence-electron chi connectivity index (χ0n) is 11.2. The Hall–Kier alpha value is -2.16. The molecule has 0 aliphatic rings. The average molecular weight is 258 g/mol. The van der Waals surface area contributed by atoms with Crippen molar-refractivity contribution in [1.82, 2.24) is 0 Å². The van der Waals surface area contributed by atoms with Crippen LogP contribution in [0, 0.1) is 5.82 Å². The molecule has 2 rings (SSSR count). The van der Waals surface area contributed by atoms with Crippen LogP contribution in [0.4, 0.5) is 4.39 Å². The van der Waals surface area contributed by atoms with Crippen LogP contribution >= 0.6 is 0 Å². The maximum atomic E-state index is 14.1. The summed E-state index contributed by atoms with van der Waals surface area (Å²) in [7, 11) is 1.55. The maximum absolute atomic E-state index is 14.1. The summed E-state index contributed by atoms with van der Waals surface area (Å²) in [5.74, 6) is 0.255. The van der Waals surface area contributed by atoms with E-state index < -0.39 is 0 Å². The third kappa shape index (κ3) is 2.81. The number of fused-ring (bicyclic) bond motifs is 1. The molecule has 0 spiro atoms. The molecule has 98 valence electrons. The molecule has 0 aromatic heterocycles. The van der Waals surface area contributed by atoms with E-state index in [9.17, 15) is 9.18 Å².